The summed E-state index contributed by atoms with van der Waals surface area (Å²) in [5.41, 5.74) is 0. The summed E-state index contributed by atoms with van der Waals surface area (Å²) >= 11 is 0. The molecule has 0 fully saturated rings. The van der Waals surface area contributed by atoms with Crippen LogP contribution < -0.4 is 0 Å². The van der Waals surface area contributed by atoms with Gasteiger partial charge in [0.1, 0.15) is 19.3 Å². The maximum absolute atomic E-state index is 13.1. The fraction of sp³-hybridized carbons (Fsp3) is 0.949. The van der Waals surface area contributed by atoms with Crippen LogP contribution in [0, 0.1) is 5.92 Å². The molecule has 0 saturated carbocycles. The Bertz CT molecular complexity index is 1880. The summed E-state index contributed by atoms with van der Waals surface area (Å²) in [6.45, 7) is 7.35. The van der Waals surface area contributed by atoms with E-state index in [1.807, 2.05) is 0 Å². The molecule has 17 nitrogen and oxygen atoms in total. The highest BCUT2D eigenvalue weighted by Crippen LogP contribution is 2.45. The van der Waals surface area contributed by atoms with Crippen LogP contribution >= 0.6 is 15.6 Å². The summed E-state index contributed by atoms with van der Waals surface area (Å²) in [5, 5.41) is 10.6. The van der Waals surface area contributed by atoms with Crippen LogP contribution in [-0.2, 0) is 65.4 Å². The van der Waals surface area contributed by atoms with Crippen molar-refractivity contribution in [3.8, 4) is 0 Å². The summed E-state index contributed by atoms with van der Waals surface area (Å²) < 4.78 is 68.5. The fourth-order valence-corrected chi connectivity index (χ4v) is 13.8. The third kappa shape index (κ3) is 71.1. The van der Waals surface area contributed by atoms with Gasteiger partial charge in [-0.1, -0.05) is 369 Å². The largest absolute Gasteiger partial charge is 0.472 e. The molecule has 0 aromatic carbocycles. The third-order valence-electron chi connectivity index (χ3n) is 18.9. The lowest BCUT2D eigenvalue weighted by atomic mass is 9.99. The van der Waals surface area contributed by atoms with Gasteiger partial charge in [0.25, 0.3) is 0 Å². The minimum absolute atomic E-state index is 0.107. The predicted molar refractivity (Wildman–Crippen MR) is 400 cm³/mol. The Morgan fingerprint density at radius 3 is 0.724 bits per heavy atom. The molecule has 0 saturated heterocycles. The van der Waals surface area contributed by atoms with Crippen LogP contribution in [0.1, 0.15) is 420 Å². The number of aliphatic hydroxyl groups is 1. The molecule has 0 radical (unpaired) electrons. The molecule has 6 atom stereocenters. The molecule has 0 aliphatic heterocycles. The van der Waals surface area contributed by atoms with E-state index in [-0.39, 0.29) is 25.7 Å². The summed E-state index contributed by atoms with van der Waals surface area (Å²) in [5.74, 6) is -1.24. The van der Waals surface area contributed by atoms with Gasteiger partial charge in [-0.15, -0.1) is 0 Å². The second-order valence-electron chi connectivity index (χ2n) is 28.7. The molecule has 0 spiro atoms. The van der Waals surface area contributed by atoms with Crippen molar-refractivity contribution in [1.29, 1.82) is 0 Å². The van der Waals surface area contributed by atoms with E-state index in [1.54, 1.807) is 0 Å². The Morgan fingerprint density at radius 2 is 0.490 bits per heavy atom. The van der Waals surface area contributed by atoms with Gasteiger partial charge < -0.3 is 33.8 Å². The van der Waals surface area contributed by atoms with Crippen molar-refractivity contribution in [2.24, 2.45) is 5.92 Å². The van der Waals surface area contributed by atoms with Crippen molar-refractivity contribution in [2.75, 3.05) is 39.6 Å². The Hall–Kier alpha value is -1.94. The van der Waals surface area contributed by atoms with Gasteiger partial charge in [0, 0.05) is 25.7 Å². The van der Waals surface area contributed by atoms with Crippen LogP contribution in [0.5, 0.6) is 0 Å². The number of ether oxygens (including phenoxy) is 4. The molecule has 0 rings (SSSR count). The van der Waals surface area contributed by atoms with Crippen molar-refractivity contribution in [3.05, 3.63) is 0 Å². The first kappa shape index (κ1) is 96.1. The van der Waals surface area contributed by atoms with Crippen LogP contribution in [0.3, 0.4) is 0 Å². The highest BCUT2D eigenvalue weighted by atomic mass is 31.2. The van der Waals surface area contributed by atoms with E-state index in [0.717, 1.165) is 102 Å². The first-order valence-corrected chi connectivity index (χ1v) is 44.2. The molecule has 3 N–H and O–H groups in total. The second kappa shape index (κ2) is 72.0. The molecule has 3 unspecified atom stereocenters. The lowest BCUT2D eigenvalue weighted by Crippen LogP contribution is -2.30. The fourth-order valence-electron chi connectivity index (χ4n) is 12.2. The van der Waals surface area contributed by atoms with E-state index in [4.69, 9.17) is 37.0 Å². The number of carbonyl (C=O) groups excluding carboxylic acids is 4. The maximum atomic E-state index is 13.1. The molecular weight excluding hydrogens is 1280 g/mol. The van der Waals surface area contributed by atoms with E-state index in [0.29, 0.717) is 25.7 Å². The molecule has 0 amide bonds. The second-order valence-corrected chi connectivity index (χ2v) is 31.6. The minimum atomic E-state index is -4.96. The number of phosphoric acid groups is 2. The molecular formula is C79H154O17P2. The number of hydrogen-bond donors (Lipinski definition) is 3. The van der Waals surface area contributed by atoms with Crippen LogP contribution in [0.25, 0.3) is 0 Å². The van der Waals surface area contributed by atoms with E-state index < -0.39 is 97.5 Å². The average Bonchev–Trinajstić information content (AvgIpc) is 1.05. The van der Waals surface area contributed by atoms with Gasteiger partial charge in [-0.3, -0.25) is 37.3 Å². The van der Waals surface area contributed by atoms with Crippen LogP contribution in [0.2, 0.25) is 0 Å². The quantitative estimate of drug-likeness (QED) is 0.0222. The highest BCUT2D eigenvalue weighted by molar-refractivity contribution is 7.47. The molecule has 0 aliphatic carbocycles. The number of rotatable bonds is 79. The van der Waals surface area contributed by atoms with Crippen molar-refractivity contribution in [3.63, 3.8) is 0 Å². The van der Waals surface area contributed by atoms with Crippen molar-refractivity contribution < 1.29 is 80.2 Å². The molecule has 98 heavy (non-hydrogen) atoms. The smallest absolute Gasteiger partial charge is 0.462 e. The summed E-state index contributed by atoms with van der Waals surface area (Å²) in [6.07, 6.45) is 62.5. The molecule has 19 heteroatoms. The standard InChI is InChI=1S/C79H154O17P2/c1-6-10-13-16-19-22-24-25-26-29-33-36-40-43-48-53-58-63-77(82)90-69-75(96-79(84)65-60-55-50-45-41-37-34-31-28-27-30-32-35-39-42-46-51-56-61-72(5)9-4)71-94-98(87,88)92-67-73(80)66-91-97(85,86)93-70-74(68-89-76(81)62-57-52-47-21-18-15-12-8-3)95-78(83)64-59-54-49-44-38-23-20-17-14-11-7-2/h72-75,80H,6-71H2,1-5H3,(H,85,86)(H,87,88)/t72?,73-,74+,75+/m0/s1. The SMILES string of the molecule is CCCCCCCCCCCCCCCCCCCC(=O)OC[C@H](COP(=O)(O)OC[C@@H](O)COP(=O)(O)OC[C@@H](COC(=O)CCCCCCCCCC)OC(=O)CCCCCCCCCCCCC)OC(=O)CCCCCCCCCCCCCCCCCCCCC(C)CC. The first-order chi connectivity index (χ1) is 47.6. The summed E-state index contributed by atoms with van der Waals surface area (Å²) in [4.78, 5) is 72.8. The van der Waals surface area contributed by atoms with E-state index in [2.05, 4.69) is 34.6 Å². The van der Waals surface area contributed by atoms with Crippen LogP contribution in [-0.4, -0.2) is 96.7 Å². The van der Waals surface area contributed by atoms with Crippen molar-refractivity contribution in [2.45, 2.75) is 438 Å². The van der Waals surface area contributed by atoms with Gasteiger partial charge in [0.05, 0.1) is 26.4 Å². The van der Waals surface area contributed by atoms with Gasteiger partial charge in [-0.2, -0.15) is 0 Å². The number of carbonyl (C=O) groups is 4. The van der Waals surface area contributed by atoms with Gasteiger partial charge in [-0.05, 0) is 31.6 Å². The van der Waals surface area contributed by atoms with Crippen molar-refractivity contribution >= 4 is 39.5 Å². The molecule has 0 bridgehead atoms. The normalized spacial score (nSPS) is 14.2. The number of phosphoric ester groups is 2. The Kier molecular flexibility index (Phi) is 70.6. The predicted octanol–water partition coefficient (Wildman–Crippen LogP) is 23.6. The van der Waals surface area contributed by atoms with E-state index >= 15 is 0 Å². The molecule has 0 aliphatic rings. The van der Waals surface area contributed by atoms with E-state index in [9.17, 15) is 43.2 Å². The van der Waals surface area contributed by atoms with Crippen LogP contribution in [0.15, 0.2) is 0 Å². The number of aliphatic hydroxyl groups excluding tert-OH is 1. The van der Waals surface area contributed by atoms with Crippen molar-refractivity contribution in [1.82, 2.24) is 0 Å². The van der Waals surface area contributed by atoms with Gasteiger partial charge in [0.15, 0.2) is 12.2 Å². The average molecular weight is 1440 g/mol. The number of hydrogen-bond acceptors (Lipinski definition) is 15. The zero-order valence-electron chi connectivity index (χ0n) is 63.9. The maximum Gasteiger partial charge on any atom is 0.472 e. The number of esters is 4. The Labute approximate surface area is 600 Å². The van der Waals surface area contributed by atoms with Gasteiger partial charge in [-0.25, -0.2) is 9.13 Å². The Morgan fingerprint density at radius 1 is 0.286 bits per heavy atom. The summed E-state index contributed by atoms with van der Waals surface area (Å²) in [7, 11) is -9.91. The van der Waals surface area contributed by atoms with E-state index in [1.165, 1.54) is 238 Å². The van der Waals surface area contributed by atoms with Gasteiger partial charge >= 0.3 is 39.5 Å². The lowest BCUT2D eigenvalue weighted by molar-refractivity contribution is -0.161. The molecule has 0 aromatic rings. The van der Waals surface area contributed by atoms with Gasteiger partial charge in [0.2, 0.25) is 0 Å². The highest BCUT2D eigenvalue weighted by Gasteiger charge is 2.30. The monoisotopic (exact) mass is 1440 g/mol. The lowest BCUT2D eigenvalue weighted by Gasteiger charge is -2.21. The first-order valence-electron chi connectivity index (χ1n) is 41.2. The topological polar surface area (TPSA) is 237 Å². The summed E-state index contributed by atoms with van der Waals surface area (Å²) in [6, 6.07) is 0. The minimum Gasteiger partial charge on any atom is -0.462 e. The molecule has 0 heterocycles. The number of unbranched alkanes of at least 4 members (excludes halogenated alkanes) is 50. The Balaban J connectivity index is 5.17. The zero-order valence-corrected chi connectivity index (χ0v) is 65.7. The van der Waals surface area contributed by atoms with Crippen LogP contribution in [0.4, 0.5) is 0 Å². The molecule has 0 aromatic heterocycles. The molecule has 582 valence electrons. The zero-order chi connectivity index (χ0) is 71.9. The third-order valence-corrected chi connectivity index (χ3v) is 20.8.